The van der Waals surface area contributed by atoms with E-state index in [2.05, 4.69) is 19.0 Å². The Balaban J connectivity index is 1.83. The molecule has 3 rings (SSSR count). The minimum Gasteiger partial charge on any atom is -0.359 e. The van der Waals surface area contributed by atoms with E-state index in [9.17, 15) is 4.79 Å². The normalized spacial score (nSPS) is 18.9. The summed E-state index contributed by atoms with van der Waals surface area (Å²) in [7, 11) is 0. The summed E-state index contributed by atoms with van der Waals surface area (Å²) in [6, 6.07) is 5.82. The van der Waals surface area contributed by atoms with Crippen molar-refractivity contribution < 1.29 is 9.32 Å². The molecule has 1 saturated heterocycles. The Morgan fingerprint density at radius 3 is 3.05 bits per heavy atom. The van der Waals surface area contributed by atoms with Gasteiger partial charge in [0.1, 0.15) is 0 Å². The number of rotatable bonds is 3. The lowest BCUT2D eigenvalue weighted by molar-refractivity contribution is 0.0719. The summed E-state index contributed by atoms with van der Waals surface area (Å²) in [5.41, 5.74) is 0.954. The monoisotopic (exact) mass is 290 g/mol. The summed E-state index contributed by atoms with van der Waals surface area (Å²) in [6.45, 7) is 4.97. The summed E-state index contributed by atoms with van der Waals surface area (Å²) >= 11 is 1.49. The Hall–Kier alpha value is -1.62. The summed E-state index contributed by atoms with van der Waals surface area (Å²) in [5, 5.41) is 6.04. The van der Waals surface area contributed by atoms with Crippen LogP contribution in [-0.2, 0) is 0 Å². The van der Waals surface area contributed by atoms with E-state index in [1.54, 1.807) is 0 Å². The molecule has 1 aliphatic rings. The second-order valence-electron chi connectivity index (χ2n) is 5.44. The van der Waals surface area contributed by atoms with Gasteiger partial charge in [0.05, 0.1) is 16.6 Å². The zero-order valence-corrected chi connectivity index (χ0v) is 12.5. The van der Waals surface area contributed by atoms with Gasteiger partial charge < -0.3 is 9.42 Å². The summed E-state index contributed by atoms with van der Waals surface area (Å²) in [4.78, 5) is 15.2. The van der Waals surface area contributed by atoms with Gasteiger partial charge >= 0.3 is 0 Å². The topological polar surface area (TPSA) is 46.3 Å². The van der Waals surface area contributed by atoms with Crippen LogP contribution in [-0.4, -0.2) is 22.5 Å². The zero-order valence-electron chi connectivity index (χ0n) is 11.7. The molecule has 0 bridgehead atoms. The van der Waals surface area contributed by atoms with E-state index >= 15 is 0 Å². The highest BCUT2D eigenvalue weighted by Crippen LogP contribution is 2.34. The Morgan fingerprint density at radius 1 is 1.55 bits per heavy atom. The second kappa shape index (κ2) is 5.40. The van der Waals surface area contributed by atoms with E-state index in [-0.39, 0.29) is 11.9 Å². The fourth-order valence-corrected chi connectivity index (χ4v) is 3.26. The molecule has 1 atom stereocenters. The van der Waals surface area contributed by atoms with E-state index in [4.69, 9.17) is 4.52 Å². The summed E-state index contributed by atoms with van der Waals surface area (Å²) < 4.78 is 5.47. The average molecular weight is 290 g/mol. The third-order valence-electron chi connectivity index (χ3n) is 3.71. The molecular weight excluding hydrogens is 272 g/mol. The Labute approximate surface area is 122 Å². The summed E-state index contributed by atoms with van der Waals surface area (Å²) in [5.74, 6) is 1.26. The molecule has 0 N–H and O–H groups in total. The van der Waals surface area contributed by atoms with Crippen molar-refractivity contribution in [1.82, 2.24) is 10.1 Å². The molecule has 0 spiro atoms. The maximum absolute atomic E-state index is 12.5. The van der Waals surface area contributed by atoms with Crippen LogP contribution >= 0.6 is 11.3 Å². The molecule has 1 amide bonds. The molecule has 106 valence electrons. The van der Waals surface area contributed by atoms with Crippen LogP contribution in [0.4, 0.5) is 0 Å². The molecule has 3 heterocycles. The Morgan fingerprint density at radius 2 is 2.40 bits per heavy atom. The molecule has 2 aromatic rings. The van der Waals surface area contributed by atoms with E-state index in [0.29, 0.717) is 5.92 Å². The molecule has 0 aliphatic carbocycles. The number of amides is 1. The third-order valence-corrected chi connectivity index (χ3v) is 4.57. The van der Waals surface area contributed by atoms with Gasteiger partial charge in [0.15, 0.2) is 5.76 Å². The molecule has 0 saturated carbocycles. The minimum atomic E-state index is 0.0320. The molecule has 1 aliphatic heterocycles. The zero-order chi connectivity index (χ0) is 14.1. The molecule has 20 heavy (non-hydrogen) atoms. The van der Waals surface area contributed by atoms with Crippen molar-refractivity contribution in [2.75, 3.05) is 6.54 Å². The standard InChI is InChI=1S/C15H18N2O2S/c1-10(2)11-9-13(19-16-11)12-5-3-7-17(12)15(18)14-6-4-8-20-14/h4,6,8-10,12H,3,5,7H2,1-2H3. The highest BCUT2D eigenvalue weighted by molar-refractivity contribution is 7.12. The number of nitrogens with zero attached hydrogens (tertiary/aromatic N) is 2. The van der Waals surface area contributed by atoms with Crippen LogP contribution in [0, 0.1) is 0 Å². The van der Waals surface area contributed by atoms with E-state index in [1.807, 2.05) is 28.5 Å². The van der Waals surface area contributed by atoms with Crippen LogP contribution in [0.3, 0.4) is 0 Å². The van der Waals surface area contributed by atoms with Crippen LogP contribution in [0.5, 0.6) is 0 Å². The van der Waals surface area contributed by atoms with Crippen molar-refractivity contribution >= 4 is 17.2 Å². The van der Waals surface area contributed by atoms with Gasteiger partial charge in [-0.3, -0.25) is 4.79 Å². The Bertz CT molecular complexity index is 589. The largest absolute Gasteiger partial charge is 0.359 e. The van der Waals surface area contributed by atoms with Crippen LogP contribution in [0.25, 0.3) is 0 Å². The fourth-order valence-electron chi connectivity index (χ4n) is 2.58. The van der Waals surface area contributed by atoms with Gasteiger partial charge in [-0.1, -0.05) is 25.1 Å². The molecule has 0 radical (unpaired) electrons. The van der Waals surface area contributed by atoms with Crippen LogP contribution in [0.15, 0.2) is 28.1 Å². The molecule has 0 aromatic carbocycles. The van der Waals surface area contributed by atoms with Crippen molar-refractivity contribution in [3.63, 3.8) is 0 Å². The first kappa shape index (κ1) is 13.4. The maximum atomic E-state index is 12.5. The smallest absolute Gasteiger partial charge is 0.264 e. The second-order valence-corrected chi connectivity index (χ2v) is 6.39. The van der Waals surface area contributed by atoms with Crippen molar-refractivity contribution in [3.05, 3.63) is 39.9 Å². The van der Waals surface area contributed by atoms with Gasteiger partial charge in [-0.25, -0.2) is 0 Å². The van der Waals surface area contributed by atoms with Crippen LogP contribution in [0.2, 0.25) is 0 Å². The van der Waals surface area contributed by atoms with E-state index in [1.165, 1.54) is 11.3 Å². The molecule has 2 aromatic heterocycles. The van der Waals surface area contributed by atoms with Gasteiger partial charge in [0, 0.05) is 12.6 Å². The maximum Gasteiger partial charge on any atom is 0.264 e. The Kier molecular flexibility index (Phi) is 3.61. The van der Waals surface area contributed by atoms with Gasteiger partial charge in [0.25, 0.3) is 5.91 Å². The number of hydrogen-bond acceptors (Lipinski definition) is 4. The van der Waals surface area contributed by atoms with Crippen molar-refractivity contribution in [2.45, 2.75) is 38.6 Å². The number of carbonyl (C=O) groups is 1. The lowest BCUT2D eigenvalue weighted by Gasteiger charge is -2.21. The molecule has 5 heteroatoms. The molecule has 1 fully saturated rings. The van der Waals surface area contributed by atoms with Crippen molar-refractivity contribution in [3.8, 4) is 0 Å². The van der Waals surface area contributed by atoms with E-state index in [0.717, 1.165) is 35.7 Å². The number of hydrogen-bond donors (Lipinski definition) is 0. The lowest BCUT2D eigenvalue weighted by atomic mass is 10.1. The number of aromatic nitrogens is 1. The first-order chi connectivity index (χ1) is 9.66. The van der Waals surface area contributed by atoms with Gasteiger partial charge in [-0.15, -0.1) is 11.3 Å². The molecule has 1 unspecified atom stereocenters. The predicted octanol–water partition coefficient (Wildman–Crippen LogP) is 3.84. The third kappa shape index (κ3) is 2.38. The van der Waals surface area contributed by atoms with Crippen LogP contribution in [0.1, 0.15) is 59.8 Å². The number of carbonyl (C=O) groups excluding carboxylic acids is 1. The number of thiophene rings is 1. The van der Waals surface area contributed by atoms with Crippen molar-refractivity contribution in [2.24, 2.45) is 0 Å². The average Bonchev–Trinajstić information content (AvgIpc) is 3.17. The fraction of sp³-hybridized carbons (Fsp3) is 0.467. The lowest BCUT2D eigenvalue weighted by Crippen LogP contribution is -2.29. The minimum absolute atomic E-state index is 0.0320. The SMILES string of the molecule is CC(C)c1cc(C2CCCN2C(=O)c2cccs2)on1. The highest BCUT2D eigenvalue weighted by Gasteiger charge is 2.33. The molecular formula is C15H18N2O2S. The highest BCUT2D eigenvalue weighted by atomic mass is 32.1. The van der Waals surface area contributed by atoms with Gasteiger partial charge in [-0.05, 0) is 30.2 Å². The predicted molar refractivity (Wildman–Crippen MR) is 77.9 cm³/mol. The quantitative estimate of drug-likeness (QED) is 0.863. The van der Waals surface area contributed by atoms with Crippen LogP contribution < -0.4 is 0 Å². The van der Waals surface area contributed by atoms with Gasteiger partial charge in [0.2, 0.25) is 0 Å². The summed E-state index contributed by atoms with van der Waals surface area (Å²) in [6.07, 6.45) is 1.96. The number of likely N-dealkylation sites (tertiary alicyclic amines) is 1. The van der Waals surface area contributed by atoms with Gasteiger partial charge in [-0.2, -0.15) is 0 Å². The first-order valence-electron chi connectivity index (χ1n) is 6.98. The van der Waals surface area contributed by atoms with E-state index < -0.39 is 0 Å². The molecule has 4 nitrogen and oxygen atoms in total. The first-order valence-corrected chi connectivity index (χ1v) is 7.85. The van der Waals surface area contributed by atoms with Crippen molar-refractivity contribution in [1.29, 1.82) is 0 Å².